The van der Waals surface area contributed by atoms with Crippen LogP contribution in [0.4, 0.5) is 10.5 Å². The van der Waals surface area contributed by atoms with Gasteiger partial charge in [-0.25, -0.2) is 14.8 Å². The largest absolute Gasteiger partial charge is 0.376 e. The zero-order valence-electron chi connectivity index (χ0n) is 13.0. The van der Waals surface area contributed by atoms with E-state index in [2.05, 4.69) is 20.6 Å². The van der Waals surface area contributed by atoms with Crippen LogP contribution in [-0.2, 0) is 4.74 Å². The summed E-state index contributed by atoms with van der Waals surface area (Å²) in [7, 11) is 0. The molecule has 23 heavy (non-hydrogen) atoms. The lowest BCUT2D eigenvalue weighted by molar-refractivity contribution is 0.0868. The van der Waals surface area contributed by atoms with Gasteiger partial charge in [-0.15, -0.1) is 0 Å². The van der Waals surface area contributed by atoms with Crippen LogP contribution < -0.4 is 10.6 Å². The number of carbonyl (C=O) groups is 1. The molecule has 120 valence electrons. The maximum absolute atomic E-state index is 12.0. The Hall–Kier alpha value is -2.47. The Morgan fingerprint density at radius 1 is 1.26 bits per heavy atom. The number of ether oxygens (including phenoxy) is 1. The van der Waals surface area contributed by atoms with Gasteiger partial charge in [-0.2, -0.15) is 0 Å². The predicted octanol–water partition coefficient (Wildman–Crippen LogP) is 2.83. The molecule has 1 saturated heterocycles. The Bertz CT molecular complexity index is 639. The van der Waals surface area contributed by atoms with Crippen LogP contribution in [0.5, 0.6) is 0 Å². The Morgan fingerprint density at radius 2 is 2.00 bits per heavy atom. The van der Waals surface area contributed by atoms with Crippen molar-refractivity contribution >= 4 is 11.7 Å². The topological polar surface area (TPSA) is 76.1 Å². The van der Waals surface area contributed by atoms with Crippen LogP contribution >= 0.6 is 0 Å². The average Bonchev–Trinajstić information content (AvgIpc) is 3.11. The summed E-state index contributed by atoms with van der Waals surface area (Å²) >= 11 is 0. The third kappa shape index (κ3) is 4.04. The van der Waals surface area contributed by atoms with Crippen LogP contribution in [0.2, 0.25) is 0 Å². The van der Waals surface area contributed by atoms with E-state index in [-0.39, 0.29) is 18.2 Å². The maximum atomic E-state index is 12.0. The summed E-state index contributed by atoms with van der Waals surface area (Å²) in [5.74, 6) is 0.629. The smallest absolute Gasteiger partial charge is 0.319 e. The van der Waals surface area contributed by atoms with Gasteiger partial charge in [0.05, 0.1) is 30.2 Å². The SMILES string of the molecule is C[C@@H](NC(=O)Nc1cnc(-c2ccccc2)nc1)[C@H]1CCCO1. The van der Waals surface area contributed by atoms with Gasteiger partial charge in [-0.1, -0.05) is 30.3 Å². The Morgan fingerprint density at radius 3 is 2.65 bits per heavy atom. The van der Waals surface area contributed by atoms with Gasteiger partial charge in [0.2, 0.25) is 0 Å². The molecule has 2 N–H and O–H groups in total. The summed E-state index contributed by atoms with van der Waals surface area (Å²) in [4.78, 5) is 20.6. The summed E-state index contributed by atoms with van der Waals surface area (Å²) in [6.45, 7) is 2.72. The Kier molecular flexibility index (Phi) is 4.83. The van der Waals surface area contributed by atoms with Gasteiger partial charge in [0, 0.05) is 12.2 Å². The predicted molar refractivity (Wildman–Crippen MR) is 88.1 cm³/mol. The standard InChI is InChI=1S/C17H20N4O2/c1-12(15-8-5-9-23-15)20-17(22)21-14-10-18-16(19-11-14)13-6-3-2-4-7-13/h2-4,6-7,10-12,15H,5,8-9H2,1H3,(H2,20,21,22)/t12-,15-/m1/s1. The van der Waals surface area contributed by atoms with E-state index in [1.165, 1.54) is 0 Å². The van der Waals surface area contributed by atoms with E-state index in [4.69, 9.17) is 4.74 Å². The minimum atomic E-state index is -0.274. The number of hydrogen-bond acceptors (Lipinski definition) is 4. The zero-order valence-corrected chi connectivity index (χ0v) is 13.0. The molecule has 6 nitrogen and oxygen atoms in total. The number of benzene rings is 1. The number of rotatable bonds is 4. The summed E-state index contributed by atoms with van der Waals surface area (Å²) in [5.41, 5.74) is 1.50. The van der Waals surface area contributed by atoms with Crippen LogP contribution in [0.3, 0.4) is 0 Å². The van der Waals surface area contributed by atoms with Gasteiger partial charge in [0.1, 0.15) is 0 Å². The third-order valence-corrected chi connectivity index (χ3v) is 3.82. The van der Waals surface area contributed by atoms with Gasteiger partial charge in [-0.3, -0.25) is 0 Å². The Balaban J connectivity index is 1.56. The minimum Gasteiger partial charge on any atom is -0.376 e. The molecule has 1 aromatic carbocycles. The molecule has 2 amide bonds. The molecule has 0 radical (unpaired) electrons. The summed E-state index contributed by atoms with van der Waals surface area (Å²) < 4.78 is 5.56. The molecule has 0 saturated carbocycles. The van der Waals surface area contributed by atoms with Crippen molar-refractivity contribution in [3.05, 3.63) is 42.7 Å². The quantitative estimate of drug-likeness (QED) is 0.910. The zero-order chi connectivity index (χ0) is 16.1. The van der Waals surface area contributed by atoms with Crippen LogP contribution in [0.1, 0.15) is 19.8 Å². The normalized spacial score (nSPS) is 18.4. The van der Waals surface area contributed by atoms with Crippen LogP contribution in [0.25, 0.3) is 11.4 Å². The molecular formula is C17H20N4O2. The molecule has 2 heterocycles. The molecule has 1 aromatic heterocycles. The average molecular weight is 312 g/mol. The third-order valence-electron chi connectivity index (χ3n) is 3.82. The van der Waals surface area contributed by atoms with Crippen molar-refractivity contribution < 1.29 is 9.53 Å². The van der Waals surface area contributed by atoms with E-state index < -0.39 is 0 Å². The number of urea groups is 1. The monoisotopic (exact) mass is 312 g/mol. The van der Waals surface area contributed by atoms with E-state index in [1.807, 2.05) is 37.3 Å². The molecule has 0 aliphatic carbocycles. The van der Waals surface area contributed by atoms with E-state index in [0.717, 1.165) is 25.0 Å². The molecule has 2 atom stereocenters. The summed E-state index contributed by atoms with van der Waals surface area (Å²) in [6, 6.07) is 9.40. The molecule has 6 heteroatoms. The van der Waals surface area contributed by atoms with Gasteiger partial charge >= 0.3 is 6.03 Å². The van der Waals surface area contributed by atoms with Crippen LogP contribution in [0, 0.1) is 0 Å². The van der Waals surface area contributed by atoms with Crippen LogP contribution in [0.15, 0.2) is 42.7 Å². The van der Waals surface area contributed by atoms with Gasteiger partial charge < -0.3 is 15.4 Å². The van der Waals surface area contributed by atoms with Crippen molar-refractivity contribution in [3.8, 4) is 11.4 Å². The summed E-state index contributed by atoms with van der Waals surface area (Å²) in [5, 5.41) is 5.63. The van der Waals surface area contributed by atoms with Crippen molar-refractivity contribution in [3.63, 3.8) is 0 Å². The van der Waals surface area contributed by atoms with E-state index in [0.29, 0.717) is 11.5 Å². The minimum absolute atomic E-state index is 0.0259. The highest BCUT2D eigenvalue weighted by Crippen LogP contribution is 2.16. The number of anilines is 1. The van der Waals surface area contributed by atoms with Gasteiger partial charge in [-0.05, 0) is 19.8 Å². The molecule has 0 bridgehead atoms. The summed E-state index contributed by atoms with van der Waals surface area (Å²) in [6.07, 6.45) is 5.33. The van der Waals surface area contributed by atoms with Crippen molar-refractivity contribution in [1.82, 2.24) is 15.3 Å². The highest BCUT2D eigenvalue weighted by atomic mass is 16.5. The second-order valence-electron chi connectivity index (χ2n) is 5.60. The number of aromatic nitrogens is 2. The first-order valence-corrected chi connectivity index (χ1v) is 7.79. The van der Waals surface area contributed by atoms with E-state index >= 15 is 0 Å². The van der Waals surface area contributed by atoms with Crippen molar-refractivity contribution in [2.24, 2.45) is 0 Å². The first-order valence-electron chi connectivity index (χ1n) is 7.79. The highest BCUT2D eigenvalue weighted by molar-refractivity contribution is 5.89. The van der Waals surface area contributed by atoms with Crippen LogP contribution in [-0.4, -0.2) is 34.8 Å². The lowest BCUT2D eigenvalue weighted by Crippen LogP contribution is -2.43. The number of carbonyl (C=O) groups excluding carboxylic acids is 1. The molecule has 1 fully saturated rings. The van der Waals surface area contributed by atoms with Crippen molar-refractivity contribution in [2.75, 3.05) is 11.9 Å². The molecule has 0 unspecified atom stereocenters. The van der Waals surface area contributed by atoms with Gasteiger partial charge in [0.25, 0.3) is 0 Å². The molecule has 2 aromatic rings. The number of amides is 2. The van der Waals surface area contributed by atoms with Crippen molar-refractivity contribution in [1.29, 1.82) is 0 Å². The fourth-order valence-corrected chi connectivity index (χ4v) is 2.59. The first-order chi connectivity index (χ1) is 11.2. The first kappa shape index (κ1) is 15.4. The fourth-order valence-electron chi connectivity index (χ4n) is 2.59. The maximum Gasteiger partial charge on any atom is 0.319 e. The second-order valence-corrected chi connectivity index (χ2v) is 5.60. The lowest BCUT2D eigenvalue weighted by atomic mass is 10.1. The fraction of sp³-hybridized carbons (Fsp3) is 0.353. The number of nitrogens with zero attached hydrogens (tertiary/aromatic N) is 2. The molecule has 3 rings (SSSR count). The number of nitrogens with one attached hydrogen (secondary N) is 2. The molecule has 1 aliphatic heterocycles. The number of hydrogen-bond donors (Lipinski definition) is 2. The molecule has 1 aliphatic rings. The van der Waals surface area contributed by atoms with E-state index in [1.54, 1.807) is 12.4 Å². The van der Waals surface area contributed by atoms with Crippen molar-refractivity contribution in [2.45, 2.75) is 31.9 Å². The lowest BCUT2D eigenvalue weighted by Gasteiger charge is -2.20. The Labute approximate surface area is 135 Å². The molecular weight excluding hydrogens is 292 g/mol. The molecule has 0 spiro atoms. The van der Waals surface area contributed by atoms with Gasteiger partial charge in [0.15, 0.2) is 5.82 Å². The highest BCUT2D eigenvalue weighted by Gasteiger charge is 2.23. The second kappa shape index (κ2) is 7.19. The van der Waals surface area contributed by atoms with E-state index in [9.17, 15) is 4.79 Å².